The van der Waals surface area contributed by atoms with Crippen molar-refractivity contribution in [1.29, 1.82) is 0 Å². The average molecular weight is 216 g/mol. The van der Waals surface area contributed by atoms with Crippen LogP contribution in [-0.2, 0) is 9.47 Å². The molecule has 0 radical (unpaired) electrons. The number of hydrogen-bond acceptors (Lipinski definition) is 3. The summed E-state index contributed by atoms with van der Waals surface area (Å²) in [5.74, 6) is 0.861. The molecule has 1 aliphatic rings. The van der Waals surface area contributed by atoms with Crippen LogP contribution in [0.2, 0.25) is 0 Å². The van der Waals surface area contributed by atoms with Crippen molar-refractivity contribution in [2.24, 2.45) is 0 Å². The predicted octanol–water partition coefficient (Wildman–Crippen LogP) is 2.99. The van der Waals surface area contributed by atoms with Crippen molar-refractivity contribution in [2.75, 3.05) is 13.2 Å². The van der Waals surface area contributed by atoms with Crippen molar-refractivity contribution in [3.63, 3.8) is 0 Å². The zero-order valence-corrected chi connectivity index (χ0v) is 8.76. The summed E-state index contributed by atoms with van der Waals surface area (Å²) in [6.07, 6.45) is 1.44. The van der Waals surface area contributed by atoms with Gasteiger partial charge in [0.25, 0.3) is 0 Å². The lowest BCUT2D eigenvalue weighted by atomic mass is 10.1. The summed E-state index contributed by atoms with van der Waals surface area (Å²) in [6, 6.07) is 11.9. The standard InChI is InChI=1S/C13H12O3/c1-3-10(12-5-2-6-14-12)9-11(4-1)13-15-7-8-16-13/h1-6,9,13H,7-8H2. The second-order valence-corrected chi connectivity index (χ2v) is 3.68. The molecule has 3 nitrogen and oxygen atoms in total. The number of furan rings is 1. The van der Waals surface area contributed by atoms with E-state index in [9.17, 15) is 0 Å². The van der Waals surface area contributed by atoms with E-state index in [-0.39, 0.29) is 6.29 Å². The van der Waals surface area contributed by atoms with E-state index in [4.69, 9.17) is 13.9 Å². The molecule has 2 aromatic rings. The molecular formula is C13H12O3. The summed E-state index contributed by atoms with van der Waals surface area (Å²) in [7, 11) is 0. The van der Waals surface area contributed by atoms with Gasteiger partial charge in [0, 0.05) is 11.1 Å². The molecule has 0 amide bonds. The summed E-state index contributed by atoms with van der Waals surface area (Å²) in [4.78, 5) is 0. The Morgan fingerprint density at radius 1 is 1.00 bits per heavy atom. The molecule has 1 aliphatic heterocycles. The van der Waals surface area contributed by atoms with Crippen LogP contribution in [0.25, 0.3) is 11.3 Å². The highest BCUT2D eigenvalue weighted by atomic mass is 16.7. The molecule has 1 saturated heterocycles. The number of rotatable bonds is 2. The monoisotopic (exact) mass is 216 g/mol. The van der Waals surface area contributed by atoms with Gasteiger partial charge in [0.2, 0.25) is 0 Å². The number of ether oxygens (including phenoxy) is 2. The first-order valence-corrected chi connectivity index (χ1v) is 5.30. The van der Waals surface area contributed by atoms with Crippen LogP contribution >= 0.6 is 0 Å². The maximum atomic E-state index is 5.46. The Morgan fingerprint density at radius 2 is 1.88 bits per heavy atom. The highest BCUT2D eigenvalue weighted by Crippen LogP contribution is 2.27. The first kappa shape index (κ1) is 9.63. The Kier molecular flexibility index (Phi) is 2.48. The number of hydrogen-bond donors (Lipinski definition) is 0. The molecule has 16 heavy (non-hydrogen) atoms. The largest absolute Gasteiger partial charge is 0.464 e. The van der Waals surface area contributed by atoms with Gasteiger partial charge in [-0.05, 0) is 18.2 Å². The normalized spacial score (nSPS) is 16.8. The third-order valence-electron chi connectivity index (χ3n) is 2.59. The predicted molar refractivity (Wildman–Crippen MR) is 58.8 cm³/mol. The summed E-state index contributed by atoms with van der Waals surface area (Å²) >= 11 is 0. The SMILES string of the molecule is c1cc(-c2ccco2)cc(C2OCCO2)c1. The van der Waals surface area contributed by atoms with Gasteiger partial charge in [-0.2, -0.15) is 0 Å². The summed E-state index contributed by atoms with van der Waals surface area (Å²) < 4.78 is 16.3. The van der Waals surface area contributed by atoms with Crippen LogP contribution in [0.1, 0.15) is 11.9 Å². The first-order valence-electron chi connectivity index (χ1n) is 5.30. The molecule has 2 heterocycles. The van der Waals surface area contributed by atoms with Crippen molar-refractivity contribution in [2.45, 2.75) is 6.29 Å². The highest BCUT2D eigenvalue weighted by molar-refractivity contribution is 5.58. The molecule has 1 aromatic heterocycles. The molecule has 0 spiro atoms. The molecule has 3 heteroatoms. The molecule has 0 unspecified atom stereocenters. The van der Waals surface area contributed by atoms with E-state index >= 15 is 0 Å². The topological polar surface area (TPSA) is 31.6 Å². The van der Waals surface area contributed by atoms with E-state index in [0.717, 1.165) is 16.9 Å². The molecular weight excluding hydrogens is 204 g/mol. The highest BCUT2D eigenvalue weighted by Gasteiger charge is 2.18. The van der Waals surface area contributed by atoms with Gasteiger partial charge in [0.15, 0.2) is 6.29 Å². The lowest BCUT2D eigenvalue weighted by Crippen LogP contribution is -1.97. The lowest BCUT2D eigenvalue weighted by molar-refractivity contribution is -0.0440. The van der Waals surface area contributed by atoms with Crippen LogP contribution in [0, 0.1) is 0 Å². The van der Waals surface area contributed by atoms with Crippen molar-refractivity contribution >= 4 is 0 Å². The fourth-order valence-corrected chi connectivity index (χ4v) is 1.83. The minimum Gasteiger partial charge on any atom is -0.464 e. The van der Waals surface area contributed by atoms with E-state index < -0.39 is 0 Å². The molecule has 82 valence electrons. The Hall–Kier alpha value is -1.58. The smallest absolute Gasteiger partial charge is 0.184 e. The Labute approximate surface area is 93.6 Å². The van der Waals surface area contributed by atoms with Gasteiger partial charge >= 0.3 is 0 Å². The molecule has 0 saturated carbocycles. The van der Waals surface area contributed by atoms with E-state index in [1.165, 1.54) is 0 Å². The van der Waals surface area contributed by atoms with Gasteiger partial charge in [-0.15, -0.1) is 0 Å². The first-order chi connectivity index (χ1) is 7.93. The molecule has 3 rings (SSSR count). The Balaban J connectivity index is 1.93. The Bertz CT molecular complexity index is 456. The average Bonchev–Trinajstić information content (AvgIpc) is 3.03. The molecule has 0 N–H and O–H groups in total. The molecule has 0 bridgehead atoms. The van der Waals surface area contributed by atoms with Gasteiger partial charge < -0.3 is 13.9 Å². The maximum Gasteiger partial charge on any atom is 0.184 e. The fraction of sp³-hybridized carbons (Fsp3) is 0.231. The minimum absolute atomic E-state index is 0.227. The zero-order chi connectivity index (χ0) is 10.8. The van der Waals surface area contributed by atoms with Gasteiger partial charge in [-0.25, -0.2) is 0 Å². The number of benzene rings is 1. The van der Waals surface area contributed by atoms with Crippen LogP contribution in [0.5, 0.6) is 0 Å². The molecule has 1 fully saturated rings. The lowest BCUT2D eigenvalue weighted by Gasteiger charge is -2.09. The van der Waals surface area contributed by atoms with E-state index in [1.807, 2.05) is 36.4 Å². The van der Waals surface area contributed by atoms with Gasteiger partial charge in [0.1, 0.15) is 5.76 Å². The Morgan fingerprint density at radius 3 is 2.62 bits per heavy atom. The summed E-state index contributed by atoms with van der Waals surface area (Å²) in [6.45, 7) is 1.32. The van der Waals surface area contributed by atoms with E-state index in [2.05, 4.69) is 0 Å². The van der Waals surface area contributed by atoms with Crippen LogP contribution in [-0.4, -0.2) is 13.2 Å². The van der Waals surface area contributed by atoms with Gasteiger partial charge in [-0.3, -0.25) is 0 Å². The van der Waals surface area contributed by atoms with Crippen molar-refractivity contribution in [1.82, 2.24) is 0 Å². The summed E-state index contributed by atoms with van der Waals surface area (Å²) in [5, 5.41) is 0. The van der Waals surface area contributed by atoms with Crippen LogP contribution < -0.4 is 0 Å². The fourth-order valence-electron chi connectivity index (χ4n) is 1.83. The van der Waals surface area contributed by atoms with E-state index in [0.29, 0.717) is 13.2 Å². The maximum absolute atomic E-state index is 5.46. The zero-order valence-electron chi connectivity index (χ0n) is 8.76. The van der Waals surface area contributed by atoms with Crippen LogP contribution in [0.15, 0.2) is 47.1 Å². The third-order valence-corrected chi connectivity index (χ3v) is 2.59. The molecule has 0 aliphatic carbocycles. The van der Waals surface area contributed by atoms with Crippen molar-refractivity contribution < 1.29 is 13.9 Å². The molecule has 0 atom stereocenters. The third kappa shape index (κ3) is 1.75. The second-order valence-electron chi connectivity index (χ2n) is 3.68. The van der Waals surface area contributed by atoms with Gasteiger partial charge in [0.05, 0.1) is 19.5 Å². The minimum atomic E-state index is -0.227. The van der Waals surface area contributed by atoms with E-state index in [1.54, 1.807) is 6.26 Å². The van der Waals surface area contributed by atoms with Crippen LogP contribution in [0.3, 0.4) is 0 Å². The summed E-state index contributed by atoms with van der Waals surface area (Å²) in [5.41, 5.74) is 2.08. The van der Waals surface area contributed by atoms with Crippen LogP contribution in [0.4, 0.5) is 0 Å². The molecule has 1 aromatic carbocycles. The van der Waals surface area contributed by atoms with Gasteiger partial charge in [-0.1, -0.05) is 18.2 Å². The quantitative estimate of drug-likeness (QED) is 0.773. The van der Waals surface area contributed by atoms with Crippen molar-refractivity contribution in [3.05, 3.63) is 48.2 Å². The van der Waals surface area contributed by atoms with Crippen molar-refractivity contribution in [3.8, 4) is 11.3 Å². The second kappa shape index (κ2) is 4.12.